The van der Waals surface area contributed by atoms with Gasteiger partial charge in [0.25, 0.3) is 0 Å². The van der Waals surface area contributed by atoms with Crippen molar-refractivity contribution in [3.8, 4) is 5.75 Å². The molecule has 1 aromatic carbocycles. The third-order valence-electron chi connectivity index (χ3n) is 4.73. The smallest absolute Gasteiger partial charge is 0.333 e. The van der Waals surface area contributed by atoms with Crippen molar-refractivity contribution in [2.45, 2.75) is 65.3 Å². The van der Waals surface area contributed by atoms with Gasteiger partial charge in [-0.3, -0.25) is 24.0 Å². The first-order valence-electron chi connectivity index (χ1n) is 11.3. The maximum atomic E-state index is 12.6. The van der Waals surface area contributed by atoms with Crippen LogP contribution in [0.5, 0.6) is 5.75 Å². The summed E-state index contributed by atoms with van der Waals surface area (Å²) in [7, 11) is 0. The number of carbonyl (C=O) groups excluding carboxylic acids is 6. The molecule has 206 valence electrons. The van der Waals surface area contributed by atoms with Gasteiger partial charge in [0.15, 0.2) is 12.2 Å². The third kappa shape index (κ3) is 9.65. The summed E-state index contributed by atoms with van der Waals surface area (Å²) in [6.07, 6.45) is -4.82. The van der Waals surface area contributed by atoms with E-state index in [0.717, 1.165) is 33.8 Å². The minimum atomic E-state index is -1.64. The molecule has 38 heavy (non-hydrogen) atoms. The summed E-state index contributed by atoms with van der Waals surface area (Å²) in [5, 5.41) is 0. The van der Waals surface area contributed by atoms with E-state index in [4.69, 9.17) is 33.2 Å². The first-order valence-corrected chi connectivity index (χ1v) is 11.3. The summed E-state index contributed by atoms with van der Waals surface area (Å²) < 4.78 is 36.7. The van der Waals surface area contributed by atoms with Crippen LogP contribution >= 0.6 is 0 Å². The summed E-state index contributed by atoms with van der Waals surface area (Å²) >= 11 is 0. The summed E-state index contributed by atoms with van der Waals surface area (Å²) in [5.74, 6) is -4.23. The molecule has 0 radical (unpaired) electrons. The van der Waals surface area contributed by atoms with Gasteiger partial charge < -0.3 is 33.2 Å². The van der Waals surface area contributed by atoms with Crippen LogP contribution in [0.2, 0.25) is 0 Å². The van der Waals surface area contributed by atoms with Crippen molar-refractivity contribution in [3.63, 3.8) is 0 Å². The van der Waals surface area contributed by atoms with Crippen molar-refractivity contribution in [1.29, 1.82) is 0 Å². The van der Waals surface area contributed by atoms with Crippen LogP contribution in [0.4, 0.5) is 0 Å². The molecule has 1 aliphatic rings. The number of hydrogen-bond donors (Lipinski definition) is 0. The quantitative estimate of drug-likeness (QED) is 0.192. The van der Waals surface area contributed by atoms with Crippen molar-refractivity contribution in [2.24, 2.45) is 0 Å². The predicted octanol–water partition coefficient (Wildman–Crippen LogP) is 1.25. The highest BCUT2D eigenvalue weighted by Gasteiger charge is 2.53. The molecule has 13 nitrogen and oxygen atoms in total. The molecule has 1 aliphatic heterocycles. The van der Waals surface area contributed by atoms with E-state index in [1.165, 1.54) is 25.1 Å². The Hall–Kier alpha value is -4.26. The van der Waals surface area contributed by atoms with Gasteiger partial charge in [0.2, 0.25) is 12.4 Å². The maximum absolute atomic E-state index is 12.6. The first-order chi connectivity index (χ1) is 17.8. The molecular weight excluding hydrogens is 508 g/mol. The third-order valence-corrected chi connectivity index (χ3v) is 4.73. The monoisotopic (exact) mass is 536 g/mol. The lowest BCUT2D eigenvalue weighted by molar-refractivity contribution is -0.299. The number of hydrogen-bond acceptors (Lipinski definition) is 13. The number of benzene rings is 1. The molecule has 5 unspecified atom stereocenters. The van der Waals surface area contributed by atoms with E-state index in [1.807, 2.05) is 0 Å². The standard InChI is InChI=1S/C25H28O13/c1-13(26)32-12-20-22(34-15(3)28)23(35-16(4)29)24(36-17(5)30)25(37-20)38-21(31)11-8-18-6-9-19(10-7-18)33-14(2)27/h6-11,20,22-25H,12H2,1-5H3/b11-8+. The average Bonchev–Trinajstić information content (AvgIpc) is 2.80. The van der Waals surface area contributed by atoms with Crippen molar-refractivity contribution in [3.05, 3.63) is 35.9 Å². The molecule has 0 bridgehead atoms. The average molecular weight is 536 g/mol. The lowest BCUT2D eigenvalue weighted by atomic mass is 9.98. The van der Waals surface area contributed by atoms with Gasteiger partial charge in [0.1, 0.15) is 18.5 Å². The lowest BCUT2D eigenvalue weighted by Crippen LogP contribution is -2.63. The highest BCUT2D eigenvalue weighted by molar-refractivity contribution is 5.87. The van der Waals surface area contributed by atoms with Crippen LogP contribution < -0.4 is 4.74 Å². The number of rotatable bonds is 9. The molecule has 0 amide bonds. The first kappa shape index (κ1) is 30.0. The number of esters is 6. The Morgan fingerprint density at radius 2 is 1.26 bits per heavy atom. The van der Waals surface area contributed by atoms with Gasteiger partial charge in [-0.15, -0.1) is 0 Å². The van der Waals surface area contributed by atoms with E-state index in [-0.39, 0.29) is 0 Å². The molecule has 0 aromatic heterocycles. The molecule has 0 saturated carbocycles. The summed E-state index contributed by atoms with van der Waals surface area (Å²) in [6, 6.07) is 6.20. The van der Waals surface area contributed by atoms with Gasteiger partial charge >= 0.3 is 35.8 Å². The van der Waals surface area contributed by atoms with Crippen LogP contribution in [0.25, 0.3) is 6.08 Å². The van der Waals surface area contributed by atoms with Crippen LogP contribution in [0.1, 0.15) is 40.2 Å². The van der Waals surface area contributed by atoms with E-state index in [9.17, 15) is 28.8 Å². The van der Waals surface area contributed by atoms with Crippen LogP contribution in [0.3, 0.4) is 0 Å². The van der Waals surface area contributed by atoms with Crippen molar-refractivity contribution >= 4 is 41.9 Å². The topological polar surface area (TPSA) is 167 Å². The largest absolute Gasteiger partial charge is 0.463 e. The molecule has 13 heteroatoms. The zero-order valence-electron chi connectivity index (χ0n) is 21.4. The Bertz CT molecular complexity index is 1080. The van der Waals surface area contributed by atoms with Crippen molar-refractivity contribution in [1.82, 2.24) is 0 Å². The van der Waals surface area contributed by atoms with E-state index in [0.29, 0.717) is 11.3 Å². The van der Waals surface area contributed by atoms with E-state index in [2.05, 4.69) is 0 Å². The van der Waals surface area contributed by atoms with Crippen LogP contribution in [-0.2, 0) is 57.2 Å². The Morgan fingerprint density at radius 3 is 1.79 bits per heavy atom. The Kier molecular flexibility index (Phi) is 10.9. The number of ether oxygens (including phenoxy) is 7. The highest BCUT2D eigenvalue weighted by Crippen LogP contribution is 2.30. The van der Waals surface area contributed by atoms with Gasteiger partial charge in [-0.05, 0) is 23.8 Å². The summed E-state index contributed by atoms with van der Waals surface area (Å²) in [5.41, 5.74) is 0.555. The van der Waals surface area contributed by atoms with Gasteiger partial charge in [0, 0.05) is 40.7 Å². The Labute approximate surface area is 217 Å². The molecule has 1 heterocycles. The molecule has 1 saturated heterocycles. The molecule has 1 aromatic rings. The minimum Gasteiger partial charge on any atom is -0.463 e. The number of carbonyl (C=O) groups is 6. The molecule has 1 fully saturated rings. The lowest BCUT2D eigenvalue weighted by Gasteiger charge is -2.43. The zero-order chi connectivity index (χ0) is 28.4. The second-order valence-electron chi connectivity index (χ2n) is 8.00. The fraction of sp³-hybridized carbons (Fsp3) is 0.440. The molecule has 0 spiro atoms. The Balaban J connectivity index is 2.30. The zero-order valence-corrected chi connectivity index (χ0v) is 21.4. The van der Waals surface area contributed by atoms with Crippen molar-refractivity contribution in [2.75, 3.05) is 6.61 Å². The fourth-order valence-corrected chi connectivity index (χ4v) is 3.41. The van der Waals surface area contributed by atoms with E-state index >= 15 is 0 Å². The molecular formula is C25H28O13. The van der Waals surface area contributed by atoms with Gasteiger partial charge in [0.05, 0.1) is 0 Å². The van der Waals surface area contributed by atoms with E-state index in [1.54, 1.807) is 12.1 Å². The summed E-state index contributed by atoms with van der Waals surface area (Å²) in [6.45, 7) is 5.16. The maximum Gasteiger partial charge on any atom is 0.333 e. The second-order valence-corrected chi connectivity index (χ2v) is 8.00. The second kappa shape index (κ2) is 13.9. The molecule has 2 rings (SSSR count). The van der Waals surface area contributed by atoms with E-state index < -0.39 is 73.1 Å². The van der Waals surface area contributed by atoms with Gasteiger partial charge in [-0.2, -0.15) is 0 Å². The van der Waals surface area contributed by atoms with Gasteiger partial charge in [-0.1, -0.05) is 12.1 Å². The van der Waals surface area contributed by atoms with Gasteiger partial charge in [-0.25, -0.2) is 4.79 Å². The molecule has 5 atom stereocenters. The summed E-state index contributed by atoms with van der Waals surface area (Å²) in [4.78, 5) is 70.4. The Morgan fingerprint density at radius 1 is 0.711 bits per heavy atom. The molecule has 0 N–H and O–H groups in total. The highest BCUT2D eigenvalue weighted by atomic mass is 16.7. The molecule has 0 aliphatic carbocycles. The fourth-order valence-electron chi connectivity index (χ4n) is 3.41. The normalized spacial score (nSPS) is 22.6. The van der Waals surface area contributed by atoms with Crippen LogP contribution in [0.15, 0.2) is 30.3 Å². The SMILES string of the molecule is CC(=O)OCC1OC(OC(=O)/C=C/c2ccc(OC(C)=O)cc2)C(OC(C)=O)C(OC(C)=O)C1OC(C)=O. The predicted molar refractivity (Wildman–Crippen MR) is 125 cm³/mol. The van der Waals surface area contributed by atoms with Crippen molar-refractivity contribution < 1.29 is 61.9 Å². The van der Waals surface area contributed by atoms with Crippen LogP contribution in [-0.4, -0.2) is 73.1 Å². The minimum absolute atomic E-state index is 0.315. The van der Waals surface area contributed by atoms with Crippen LogP contribution in [0, 0.1) is 0 Å².